The lowest BCUT2D eigenvalue weighted by Crippen LogP contribution is -2.42. The van der Waals surface area contributed by atoms with Crippen molar-refractivity contribution in [1.82, 2.24) is 5.32 Å². The van der Waals surface area contributed by atoms with E-state index in [-0.39, 0.29) is 17.4 Å². The Labute approximate surface area is 105 Å². The highest BCUT2D eigenvalue weighted by Gasteiger charge is 2.22. The molecule has 0 radical (unpaired) electrons. The molecule has 18 heavy (non-hydrogen) atoms. The van der Waals surface area contributed by atoms with Crippen molar-refractivity contribution in [3.05, 3.63) is 35.4 Å². The fourth-order valence-corrected chi connectivity index (χ4v) is 1.64. The molecule has 0 aliphatic heterocycles. The van der Waals surface area contributed by atoms with E-state index >= 15 is 0 Å². The van der Waals surface area contributed by atoms with Gasteiger partial charge < -0.3 is 11.1 Å². The Bertz CT molecular complexity index is 433. The van der Waals surface area contributed by atoms with Crippen LogP contribution in [0.15, 0.2) is 18.2 Å². The average Bonchev–Trinajstić information content (AvgIpc) is 2.26. The van der Waals surface area contributed by atoms with Crippen LogP contribution in [0.5, 0.6) is 0 Å². The number of nitrogens with one attached hydrogen (secondary N) is 1. The number of rotatable bonds is 4. The zero-order chi connectivity index (χ0) is 13.9. The molecule has 0 aromatic heterocycles. The van der Waals surface area contributed by atoms with Gasteiger partial charge in [0, 0.05) is 11.6 Å². The zero-order valence-corrected chi connectivity index (χ0v) is 10.7. The van der Waals surface area contributed by atoms with Crippen molar-refractivity contribution in [2.24, 2.45) is 11.7 Å². The fourth-order valence-electron chi connectivity index (χ4n) is 1.64. The summed E-state index contributed by atoms with van der Waals surface area (Å²) in [7, 11) is 0. The molecule has 0 spiro atoms. The summed E-state index contributed by atoms with van der Waals surface area (Å²) in [6, 6.07) is 2.13. The van der Waals surface area contributed by atoms with E-state index in [1.54, 1.807) is 6.92 Å². The fraction of sp³-hybridized carbons (Fsp3) is 0.462. The molecule has 0 aliphatic carbocycles. The third kappa shape index (κ3) is 3.50. The second-order valence-corrected chi connectivity index (χ2v) is 4.68. The molecule has 1 aromatic carbocycles. The highest BCUT2D eigenvalue weighted by atomic mass is 19.1. The molecule has 0 bridgehead atoms. The molecule has 0 saturated carbocycles. The molecule has 0 saturated heterocycles. The minimum Gasteiger partial charge on any atom is -0.348 e. The summed E-state index contributed by atoms with van der Waals surface area (Å²) in [6.45, 7) is 5.23. The summed E-state index contributed by atoms with van der Waals surface area (Å²) in [5.41, 5.74) is 5.72. The van der Waals surface area contributed by atoms with E-state index in [0.29, 0.717) is 0 Å². The predicted octanol–water partition coefficient (Wildman–Crippen LogP) is 2.13. The molecule has 5 heteroatoms. The summed E-state index contributed by atoms with van der Waals surface area (Å²) in [4.78, 5) is 11.6. The normalized spacial score (nSPS) is 14.4. The Balaban J connectivity index is 3.01. The number of hydrogen-bond acceptors (Lipinski definition) is 2. The second kappa shape index (κ2) is 5.91. The molecule has 3 N–H and O–H groups in total. The van der Waals surface area contributed by atoms with Crippen molar-refractivity contribution in [2.45, 2.75) is 32.9 Å². The smallest absolute Gasteiger partial charge is 0.237 e. The highest BCUT2D eigenvalue weighted by Crippen LogP contribution is 2.24. The van der Waals surface area contributed by atoms with Crippen molar-refractivity contribution in [2.75, 3.05) is 0 Å². The molecule has 3 nitrogen and oxygen atoms in total. The van der Waals surface area contributed by atoms with Gasteiger partial charge in [0.15, 0.2) is 0 Å². The first kappa shape index (κ1) is 14.6. The van der Waals surface area contributed by atoms with Gasteiger partial charge in [0.05, 0.1) is 12.1 Å². The number of nitrogens with two attached hydrogens (primary N) is 1. The first-order valence-electron chi connectivity index (χ1n) is 5.83. The van der Waals surface area contributed by atoms with E-state index in [9.17, 15) is 13.6 Å². The molecule has 0 fully saturated rings. The number of benzene rings is 1. The van der Waals surface area contributed by atoms with Gasteiger partial charge >= 0.3 is 0 Å². The predicted molar refractivity (Wildman–Crippen MR) is 65.7 cm³/mol. The Morgan fingerprint density at radius 2 is 1.89 bits per heavy atom. The molecule has 1 amide bonds. The first-order chi connectivity index (χ1) is 8.32. The lowest BCUT2D eigenvalue weighted by molar-refractivity contribution is -0.123. The van der Waals surface area contributed by atoms with E-state index in [2.05, 4.69) is 5.32 Å². The maximum absolute atomic E-state index is 13.7. The van der Waals surface area contributed by atoms with Gasteiger partial charge in [-0.2, -0.15) is 0 Å². The van der Waals surface area contributed by atoms with E-state index in [1.165, 1.54) is 12.1 Å². The summed E-state index contributed by atoms with van der Waals surface area (Å²) in [5, 5.41) is 2.67. The number of carbonyl (C=O) groups is 1. The molecule has 0 heterocycles. The third-order valence-electron chi connectivity index (χ3n) is 2.68. The number of halogens is 2. The summed E-state index contributed by atoms with van der Waals surface area (Å²) >= 11 is 0. The van der Waals surface area contributed by atoms with Crippen LogP contribution in [0.2, 0.25) is 0 Å². The van der Waals surface area contributed by atoms with Crippen LogP contribution in [0.4, 0.5) is 8.78 Å². The van der Waals surface area contributed by atoms with Crippen LogP contribution in [-0.2, 0) is 4.79 Å². The van der Waals surface area contributed by atoms with Crippen molar-refractivity contribution >= 4 is 5.91 Å². The van der Waals surface area contributed by atoms with Crippen molar-refractivity contribution in [1.29, 1.82) is 0 Å². The summed E-state index contributed by atoms with van der Waals surface area (Å²) in [6.07, 6.45) is 0. The Morgan fingerprint density at radius 1 is 1.28 bits per heavy atom. The molecule has 1 rings (SSSR count). The van der Waals surface area contributed by atoms with Gasteiger partial charge in [-0.3, -0.25) is 4.79 Å². The largest absolute Gasteiger partial charge is 0.348 e. The van der Waals surface area contributed by atoms with Crippen LogP contribution in [0.3, 0.4) is 0 Å². The number of carbonyl (C=O) groups excluding carboxylic acids is 1. The van der Waals surface area contributed by atoms with Gasteiger partial charge in [-0.25, -0.2) is 8.78 Å². The molecular formula is C13H18F2N2O. The quantitative estimate of drug-likeness (QED) is 0.867. The zero-order valence-electron chi connectivity index (χ0n) is 10.7. The molecule has 1 aromatic rings. The van der Waals surface area contributed by atoms with Gasteiger partial charge in [-0.05, 0) is 18.9 Å². The monoisotopic (exact) mass is 256 g/mol. The van der Waals surface area contributed by atoms with E-state index < -0.39 is 23.7 Å². The van der Waals surface area contributed by atoms with Gasteiger partial charge in [0.2, 0.25) is 5.91 Å². The topological polar surface area (TPSA) is 55.1 Å². The minimum atomic E-state index is -0.672. The molecular weight excluding hydrogens is 238 g/mol. The first-order valence-corrected chi connectivity index (χ1v) is 5.83. The summed E-state index contributed by atoms with van der Waals surface area (Å²) in [5.74, 6) is -1.71. The molecule has 0 aliphatic rings. The van der Waals surface area contributed by atoms with Crippen LogP contribution in [0, 0.1) is 17.6 Å². The van der Waals surface area contributed by atoms with Crippen molar-refractivity contribution in [3.63, 3.8) is 0 Å². The van der Waals surface area contributed by atoms with E-state index in [0.717, 1.165) is 6.07 Å². The maximum atomic E-state index is 13.7. The Morgan fingerprint density at radius 3 is 2.33 bits per heavy atom. The van der Waals surface area contributed by atoms with Crippen LogP contribution in [-0.4, -0.2) is 11.9 Å². The van der Waals surface area contributed by atoms with Crippen LogP contribution >= 0.6 is 0 Å². The van der Waals surface area contributed by atoms with Gasteiger partial charge in [-0.1, -0.05) is 19.9 Å². The number of hydrogen-bond donors (Lipinski definition) is 2. The lowest BCUT2D eigenvalue weighted by Gasteiger charge is -2.24. The van der Waals surface area contributed by atoms with Gasteiger partial charge in [-0.15, -0.1) is 0 Å². The van der Waals surface area contributed by atoms with Crippen LogP contribution in [0.25, 0.3) is 0 Å². The standard InChI is InChI=1S/C13H18F2N2O/c1-7(2)12(17-13(18)8(3)16)10-5-4-9(14)6-11(10)15/h4-8,12H,16H2,1-3H3,(H,17,18)/t8-,12?/m0/s1. The van der Waals surface area contributed by atoms with Gasteiger partial charge in [0.1, 0.15) is 11.6 Å². The second-order valence-electron chi connectivity index (χ2n) is 4.68. The maximum Gasteiger partial charge on any atom is 0.237 e. The average molecular weight is 256 g/mol. The molecule has 2 atom stereocenters. The summed E-state index contributed by atoms with van der Waals surface area (Å²) < 4.78 is 26.5. The SMILES string of the molecule is CC(C)C(NC(=O)[C@H](C)N)c1ccc(F)cc1F. The lowest BCUT2D eigenvalue weighted by atomic mass is 9.95. The third-order valence-corrected chi connectivity index (χ3v) is 2.68. The molecule has 100 valence electrons. The molecule has 1 unspecified atom stereocenters. The highest BCUT2D eigenvalue weighted by molar-refractivity contribution is 5.81. The van der Waals surface area contributed by atoms with E-state index in [1.807, 2.05) is 13.8 Å². The van der Waals surface area contributed by atoms with Crippen LogP contribution < -0.4 is 11.1 Å². The van der Waals surface area contributed by atoms with Crippen molar-refractivity contribution < 1.29 is 13.6 Å². The number of amides is 1. The Hall–Kier alpha value is -1.49. The van der Waals surface area contributed by atoms with Crippen LogP contribution in [0.1, 0.15) is 32.4 Å². The minimum absolute atomic E-state index is 0.0346. The van der Waals surface area contributed by atoms with Gasteiger partial charge in [0.25, 0.3) is 0 Å². The van der Waals surface area contributed by atoms with Crippen molar-refractivity contribution in [3.8, 4) is 0 Å². The Kier molecular flexibility index (Phi) is 4.78. The van der Waals surface area contributed by atoms with E-state index in [4.69, 9.17) is 5.73 Å².